The monoisotopic (exact) mass is 575 g/mol. The molecule has 7 nitrogen and oxygen atoms in total. The summed E-state index contributed by atoms with van der Waals surface area (Å²) < 4.78 is 6.86. The molecule has 0 aliphatic rings. The van der Waals surface area contributed by atoms with E-state index in [2.05, 4.69) is 90.2 Å². The summed E-state index contributed by atoms with van der Waals surface area (Å²) in [6, 6.07) is 24.3. The molecule has 0 unspecified atom stereocenters. The predicted octanol–water partition coefficient (Wildman–Crippen LogP) is 6.05. The molecule has 9 heteroatoms. The van der Waals surface area contributed by atoms with Crippen LogP contribution in [0.5, 0.6) is 0 Å². The minimum absolute atomic E-state index is 0.164. The van der Waals surface area contributed by atoms with E-state index in [-0.39, 0.29) is 24.0 Å². The maximum atomic E-state index is 13.1. The zero-order valence-corrected chi connectivity index (χ0v) is 25.6. The van der Waals surface area contributed by atoms with Crippen LogP contribution < -0.4 is 26.3 Å². The third kappa shape index (κ3) is 6.30. The van der Waals surface area contributed by atoms with Crippen LogP contribution in [-0.4, -0.2) is 43.9 Å². The summed E-state index contributed by atoms with van der Waals surface area (Å²) in [5, 5.41) is 12.0. The summed E-state index contributed by atoms with van der Waals surface area (Å²) in [6.45, 7) is 12.4. The summed E-state index contributed by atoms with van der Waals surface area (Å²) in [5.41, 5.74) is 1.79. The number of fused-ring (bicyclic) bond motifs is 1. The van der Waals surface area contributed by atoms with Gasteiger partial charge in [0.05, 0.1) is 21.7 Å². The molecular formula is C31H38ClN5O2Si. The largest absolute Gasteiger partial charge is 0.407 e. The number of carbonyl (C=O) groups excluding carboxylic acids is 1. The van der Waals surface area contributed by atoms with Crippen LogP contribution in [-0.2, 0) is 9.22 Å². The summed E-state index contributed by atoms with van der Waals surface area (Å²) in [4.78, 5) is 22.5. The quantitative estimate of drug-likeness (QED) is 0.189. The molecule has 0 bridgehead atoms. The first-order chi connectivity index (χ1) is 19.2. The molecule has 0 aliphatic carbocycles. The summed E-state index contributed by atoms with van der Waals surface area (Å²) in [6.07, 6.45) is 0.187. The fourth-order valence-electron chi connectivity index (χ4n) is 5.03. The zero-order valence-electron chi connectivity index (χ0n) is 23.8. The lowest BCUT2D eigenvalue weighted by molar-refractivity contribution is -0.116. The van der Waals surface area contributed by atoms with E-state index < -0.39 is 8.32 Å². The highest BCUT2D eigenvalue weighted by Gasteiger charge is 2.50. The summed E-state index contributed by atoms with van der Waals surface area (Å²) >= 11 is 6.56. The standard InChI is InChI=1S/C31H38ClN5O2Si/c1-6-33-29-30(34-7-2)37-27-21-25(24(32)20-26(27)36-29)35-28(38)18-19-39-40(31(3,4)5,22-14-10-8-11-15-22)23-16-12-9-13-17-23/h8-17,20-21H,6-7,18-19H2,1-5H3,(H,33,36)(H,34,37)(H,35,38). The van der Waals surface area contributed by atoms with Crippen molar-refractivity contribution in [3.8, 4) is 0 Å². The molecule has 0 spiro atoms. The number of benzene rings is 3. The van der Waals surface area contributed by atoms with Gasteiger partial charge in [-0.1, -0.05) is 93.0 Å². The van der Waals surface area contributed by atoms with Crippen molar-refractivity contribution in [3.05, 3.63) is 77.8 Å². The van der Waals surface area contributed by atoms with Gasteiger partial charge in [-0.3, -0.25) is 4.79 Å². The van der Waals surface area contributed by atoms with Gasteiger partial charge in [0.2, 0.25) is 5.91 Å². The van der Waals surface area contributed by atoms with Crippen LogP contribution in [0.25, 0.3) is 11.0 Å². The van der Waals surface area contributed by atoms with Crippen molar-refractivity contribution >= 4 is 64.6 Å². The number of aromatic nitrogens is 2. The van der Waals surface area contributed by atoms with Gasteiger partial charge in [0.15, 0.2) is 11.6 Å². The lowest BCUT2D eigenvalue weighted by atomic mass is 10.2. The molecule has 0 radical (unpaired) electrons. The highest BCUT2D eigenvalue weighted by Crippen LogP contribution is 2.37. The van der Waals surface area contributed by atoms with Gasteiger partial charge < -0.3 is 20.4 Å². The van der Waals surface area contributed by atoms with Crippen LogP contribution in [0.15, 0.2) is 72.8 Å². The Balaban J connectivity index is 1.55. The van der Waals surface area contributed by atoms with Gasteiger partial charge >= 0.3 is 0 Å². The molecule has 0 fully saturated rings. The zero-order chi connectivity index (χ0) is 28.8. The van der Waals surface area contributed by atoms with Crippen molar-refractivity contribution < 1.29 is 9.22 Å². The smallest absolute Gasteiger partial charge is 0.261 e. The number of carbonyl (C=O) groups is 1. The molecule has 1 aromatic heterocycles. The SMILES string of the molecule is CCNc1nc2cc(Cl)c(NC(=O)CCO[Si](c3ccccc3)(c3ccccc3)C(C)(C)C)cc2nc1NCC. The second kappa shape index (κ2) is 12.8. The highest BCUT2D eigenvalue weighted by molar-refractivity contribution is 6.99. The molecule has 210 valence electrons. The van der Waals surface area contributed by atoms with Crippen molar-refractivity contribution in [3.63, 3.8) is 0 Å². The third-order valence-corrected chi connectivity index (χ3v) is 12.1. The Morgan fingerprint density at radius 1 is 0.850 bits per heavy atom. The molecule has 4 rings (SSSR count). The minimum Gasteiger partial charge on any atom is -0.407 e. The van der Waals surface area contributed by atoms with Crippen LogP contribution in [0.2, 0.25) is 10.1 Å². The normalized spacial score (nSPS) is 11.8. The molecule has 3 N–H and O–H groups in total. The number of amides is 1. The summed E-state index contributed by atoms with van der Waals surface area (Å²) in [5.74, 6) is 1.16. The first-order valence-corrected chi connectivity index (χ1v) is 16.0. The lowest BCUT2D eigenvalue weighted by Gasteiger charge is -2.43. The Kier molecular flexibility index (Phi) is 9.45. The second-order valence-corrected chi connectivity index (χ2v) is 15.3. The molecule has 40 heavy (non-hydrogen) atoms. The van der Waals surface area contributed by atoms with Gasteiger partial charge in [-0.2, -0.15) is 0 Å². The molecular weight excluding hydrogens is 538 g/mol. The average molecular weight is 576 g/mol. The van der Waals surface area contributed by atoms with Crippen LogP contribution in [0, 0.1) is 0 Å². The Bertz CT molecular complexity index is 1410. The highest BCUT2D eigenvalue weighted by atomic mass is 35.5. The number of anilines is 3. The van der Waals surface area contributed by atoms with Crippen molar-refractivity contribution in [2.75, 3.05) is 35.6 Å². The minimum atomic E-state index is -2.72. The fourth-order valence-corrected chi connectivity index (χ4v) is 9.79. The van der Waals surface area contributed by atoms with Gasteiger partial charge in [0, 0.05) is 26.1 Å². The van der Waals surface area contributed by atoms with Crippen molar-refractivity contribution in [1.82, 2.24) is 9.97 Å². The molecule has 1 amide bonds. The van der Waals surface area contributed by atoms with E-state index in [0.29, 0.717) is 39.9 Å². The van der Waals surface area contributed by atoms with Gasteiger partial charge in [-0.25, -0.2) is 9.97 Å². The van der Waals surface area contributed by atoms with Crippen molar-refractivity contribution in [2.45, 2.75) is 46.1 Å². The van der Waals surface area contributed by atoms with Crippen LogP contribution in [0.1, 0.15) is 41.0 Å². The van der Waals surface area contributed by atoms with E-state index >= 15 is 0 Å². The lowest BCUT2D eigenvalue weighted by Crippen LogP contribution is -2.66. The predicted molar refractivity (Wildman–Crippen MR) is 170 cm³/mol. The average Bonchev–Trinajstić information content (AvgIpc) is 2.93. The molecule has 0 saturated carbocycles. The van der Waals surface area contributed by atoms with Gasteiger partial charge in [-0.05, 0) is 41.4 Å². The topological polar surface area (TPSA) is 88.2 Å². The van der Waals surface area contributed by atoms with Crippen molar-refractivity contribution in [2.24, 2.45) is 0 Å². The van der Waals surface area contributed by atoms with Crippen LogP contribution >= 0.6 is 11.6 Å². The van der Waals surface area contributed by atoms with E-state index in [1.165, 1.54) is 10.4 Å². The number of hydrogen-bond donors (Lipinski definition) is 3. The molecule has 0 aliphatic heterocycles. The van der Waals surface area contributed by atoms with Crippen LogP contribution in [0.4, 0.5) is 17.3 Å². The van der Waals surface area contributed by atoms with E-state index in [1.807, 2.05) is 26.0 Å². The van der Waals surface area contributed by atoms with Crippen LogP contribution in [0.3, 0.4) is 0 Å². The van der Waals surface area contributed by atoms with E-state index in [0.717, 1.165) is 6.54 Å². The number of hydrogen-bond acceptors (Lipinski definition) is 6. The van der Waals surface area contributed by atoms with Gasteiger partial charge in [0.1, 0.15) is 0 Å². The molecule has 0 saturated heterocycles. The fraction of sp³-hybridized carbons (Fsp3) is 0.323. The van der Waals surface area contributed by atoms with Gasteiger partial charge in [-0.15, -0.1) is 0 Å². The molecule has 0 atom stereocenters. The first-order valence-electron chi connectivity index (χ1n) is 13.7. The number of rotatable bonds is 11. The Morgan fingerprint density at radius 2 is 1.35 bits per heavy atom. The summed E-state index contributed by atoms with van der Waals surface area (Å²) in [7, 11) is -2.72. The third-order valence-electron chi connectivity index (χ3n) is 6.78. The molecule has 4 aromatic rings. The number of nitrogens with one attached hydrogen (secondary N) is 3. The molecule has 3 aromatic carbocycles. The van der Waals surface area contributed by atoms with Gasteiger partial charge in [0.25, 0.3) is 8.32 Å². The number of halogens is 1. The maximum Gasteiger partial charge on any atom is 0.261 e. The molecule has 1 heterocycles. The Hall–Kier alpha value is -3.46. The van der Waals surface area contributed by atoms with Crippen molar-refractivity contribution in [1.29, 1.82) is 0 Å². The number of nitrogens with zero attached hydrogens (tertiary/aromatic N) is 2. The first kappa shape index (κ1) is 29.5. The van der Waals surface area contributed by atoms with E-state index in [9.17, 15) is 4.79 Å². The second-order valence-electron chi connectivity index (χ2n) is 10.6. The Labute approximate surface area is 242 Å². The maximum absolute atomic E-state index is 13.1. The van der Waals surface area contributed by atoms with E-state index in [1.54, 1.807) is 12.1 Å². The van der Waals surface area contributed by atoms with E-state index in [4.69, 9.17) is 21.0 Å². The Morgan fingerprint density at radius 3 is 1.82 bits per heavy atom.